The maximum absolute atomic E-state index is 12.8. The van der Waals surface area contributed by atoms with Gasteiger partial charge >= 0.3 is 0 Å². The van der Waals surface area contributed by atoms with Gasteiger partial charge in [-0.3, -0.25) is 9.59 Å². The normalized spacial score (nSPS) is 17.1. The molecule has 1 atom stereocenters. The van der Waals surface area contributed by atoms with Crippen LogP contribution in [-0.4, -0.2) is 54.8 Å². The van der Waals surface area contributed by atoms with E-state index in [0.717, 1.165) is 30.6 Å². The first-order chi connectivity index (χ1) is 12.0. The van der Waals surface area contributed by atoms with Crippen LogP contribution in [0.1, 0.15) is 27.1 Å². The molecular weight excluding hydrogens is 314 g/mol. The average molecular weight is 337 g/mol. The minimum atomic E-state index is -0.472. The third kappa shape index (κ3) is 3.56. The highest BCUT2D eigenvalue weighted by atomic mass is 16.2. The van der Waals surface area contributed by atoms with E-state index in [-0.39, 0.29) is 5.91 Å². The lowest BCUT2D eigenvalue weighted by molar-refractivity contribution is 0.0783. The second-order valence-electron chi connectivity index (χ2n) is 6.65. The molecule has 3 rings (SSSR count). The van der Waals surface area contributed by atoms with Gasteiger partial charge in [-0.2, -0.15) is 0 Å². The highest BCUT2D eigenvalue weighted by Gasteiger charge is 2.28. The van der Waals surface area contributed by atoms with Crippen molar-refractivity contribution in [2.75, 3.05) is 27.2 Å². The summed E-state index contributed by atoms with van der Waals surface area (Å²) in [7, 11) is 4.08. The molecule has 1 saturated heterocycles. The third-order valence-electron chi connectivity index (χ3n) is 4.79. The van der Waals surface area contributed by atoms with Crippen LogP contribution in [-0.2, 0) is 0 Å². The van der Waals surface area contributed by atoms with Gasteiger partial charge in [0.25, 0.3) is 5.91 Å². The van der Waals surface area contributed by atoms with Gasteiger partial charge in [-0.05, 0) is 49.8 Å². The van der Waals surface area contributed by atoms with Crippen LogP contribution in [0.3, 0.4) is 0 Å². The fraction of sp³-hybridized carbons (Fsp3) is 0.300. The Balaban J connectivity index is 1.88. The Morgan fingerprint density at radius 1 is 1.12 bits per heavy atom. The van der Waals surface area contributed by atoms with E-state index in [1.165, 1.54) is 0 Å². The quantitative estimate of drug-likeness (QED) is 0.930. The molecule has 0 aliphatic carbocycles. The molecule has 130 valence electrons. The zero-order valence-electron chi connectivity index (χ0n) is 14.6. The van der Waals surface area contributed by atoms with Crippen LogP contribution in [0.15, 0.2) is 48.5 Å². The number of hydrogen-bond acceptors (Lipinski definition) is 3. The van der Waals surface area contributed by atoms with Crippen molar-refractivity contribution in [1.29, 1.82) is 0 Å². The van der Waals surface area contributed by atoms with Gasteiger partial charge in [0.1, 0.15) is 0 Å². The number of amides is 2. The third-order valence-corrected chi connectivity index (χ3v) is 4.79. The first-order valence-corrected chi connectivity index (χ1v) is 8.42. The molecule has 0 radical (unpaired) electrons. The Bertz CT molecular complexity index is 801. The summed E-state index contributed by atoms with van der Waals surface area (Å²) in [5.74, 6) is -0.441. The smallest absolute Gasteiger partial charge is 0.253 e. The van der Waals surface area contributed by atoms with Gasteiger partial charge in [0.15, 0.2) is 0 Å². The predicted molar refractivity (Wildman–Crippen MR) is 98.4 cm³/mol. The van der Waals surface area contributed by atoms with Crippen LogP contribution >= 0.6 is 0 Å². The maximum Gasteiger partial charge on any atom is 0.253 e. The zero-order valence-corrected chi connectivity index (χ0v) is 14.6. The summed E-state index contributed by atoms with van der Waals surface area (Å²) in [4.78, 5) is 28.6. The number of carbonyl (C=O) groups excluding carboxylic acids is 2. The summed E-state index contributed by atoms with van der Waals surface area (Å²) in [6.07, 6.45) is 0.989. The van der Waals surface area contributed by atoms with E-state index in [9.17, 15) is 9.59 Å². The summed E-state index contributed by atoms with van der Waals surface area (Å²) in [5, 5.41) is 0. The molecule has 0 aromatic heterocycles. The molecule has 1 unspecified atom stereocenters. The van der Waals surface area contributed by atoms with Gasteiger partial charge < -0.3 is 15.5 Å². The number of nitrogens with zero attached hydrogens (tertiary/aromatic N) is 2. The Labute approximate surface area is 148 Å². The van der Waals surface area contributed by atoms with E-state index in [1.807, 2.05) is 55.4 Å². The number of hydrogen-bond donors (Lipinski definition) is 1. The molecule has 1 aliphatic rings. The van der Waals surface area contributed by atoms with Crippen molar-refractivity contribution in [2.45, 2.75) is 12.5 Å². The SMILES string of the molecule is CN(C)C1CCN(C(=O)c2cccc(-c3ccccc3C(N)=O)c2)C1. The van der Waals surface area contributed by atoms with Crippen LogP contribution in [0.2, 0.25) is 0 Å². The zero-order chi connectivity index (χ0) is 18.0. The number of benzene rings is 2. The van der Waals surface area contributed by atoms with Crippen LogP contribution in [0.25, 0.3) is 11.1 Å². The van der Waals surface area contributed by atoms with Crippen molar-refractivity contribution < 1.29 is 9.59 Å². The van der Waals surface area contributed by atoms with Crippen molar-refractivity contribution in [3.63, 3.8) is 0 Å². The molecule has 1 fully saturated rings. The van der Waals surface area contributed by atoms with E-state index in [1.54, 1.807) is 12.1 Å². The molecule has 0 spiro atoms. The minimum Gasteiger partial charge on any atom is -0.366 e. The van der Waals surface area contributed by atoms with E-state index >= 15 is 0 Å². The monoisotopic (exact) mass is 337 g/mol. The fourth-order valence-electron chi connectivity index (χ4n) is 3.30. The maximum atomic E-state index is 12.8. The molecule has 1 aliphatic heterocycles. The number of likely N-dealkylation sites (tertiary alicyclic amines) is 1. The average Bonchev–Trinajstić information content (AvgIpc) is 3.11. The van der Waals surface area contributed by atoms with Crippen LogP contribution < -0.4 is 5.73 Å². The van der Waals surface area contributed by atoms with Crippen LogP contribution in [0.4, 0.5) is 0 Å². The molecule has 0 bridgehead atoms. The largest absolute Gasteiger partial charge is 0.366 e. The van der Waals surface area contributed by atoms with Gasteiger partial charge in [-0.1, -0.05) is 30.3 Å². The topological polar surface area (TPSA) is 66.6 Å². The molecule has 2 N–H and O–H groups in total. The molecule has 5 nitrogen and oxygen atoms in total. The lowest BCUT2D eigenvalue weighted by Gasteiger charge is -2.20. The first kappa shape index (κ1) is 17.2. The Morgan fingerprint density at radius 2 is 1.88 bits per heavy atom. The molecule has 1 heterocycles. The molecule has 2 aromatic rings. The molecular formula is C20H23N3O2. The highest BCUT2D eigenvalue weighted by molar-refractivity contribution is 6.01. The Hall–Kier alpha value is -2.66. The van der Waals surface area contributed by atoms with Crippen molar-refractivity contribution in [1.82, 2.24) is 9.80 Å². The molecule has 2 aromatic carbocycles. The summed E-state index contributed by atoms with van der Waals surface area (Å²) in [6.45, 7) is 1.51. The van der Waals surface area contributed by atoms with Crippen molar-refractivity contribution >= 4 is 11.8 Å². The van der Waals surface area contributed by atoms with Gasteiger partial charge in [-0.25, -0.2) is 0 Å². The summed E-state index contributed by atoms with van der Waals surface area (Å²) < 4.78 is 0. The molecule has 2 amide bonds. The van der Waals surface area contributed by atoms with E-state index in [0.29, 0.717) is 17.2 Å². The van der Waals surface area contributed by atoms with E-state index in [2.05, 4.69) is 4.90 Å². The summed E-state index contributed by atoms with van der Waals surface area (Å²) in [6, 6.07) is 15.0. The molecule has 5 heteroatoms. The first-order valence-electron chi connectivity index (χ1n) is 8.42. The van der Waals surface area contributed by atoms with E-state index < -0.39 is 5.91 Å². The van der Waals surface area contributed by atoms with Gasteiger partial charge in [0, 0.05) is 30.3 Å². The predicted octanol–water partition coefficient (Wildman–Crippen LogP) is 2.23. The second-order valence-corrected chi connectivity index (χ2v) is 6.65. The summed E-state index contributed by atoms with van der Waals surface area (Å²) in [5.41, 5.74) is 8.14. The molecule has 25 heavy (non-hydrogen) atoms. The summed E-state index contributed by atoms with van der Waals surface area (Å²) >= 11 is 0. The highest BCUT2D eigenvalue weighted by Crippen LogP contribution is 2.25. The number of carbonyl (C=O) groups is 2. The number of primary amides is 1. The standard InChI is InChI=1S/C20H23N3O2/c1-22(2)16-10-11-23(13-16)20(25)15-7-5-6-14(12-15)17-8-3-4-9-18(17)19(21)24/h3-9,12,16H,10-11,13H2,1-2H3,(H2,21,24). The fourth-order valence-corrected chi connectivity index (χ4v) is 3.30. The Kier molecular flexibility index (Phi) is 4.86. The lowest BCUT2D eigenvalue weighted by Crippen LogP contribution is -2.34. The number of likely N-dealkylation sites (N-methyl/N-ethyl adjacent to an activating group) is 1. The van der Waals surface area contributed by atoms with Crippen molar-refractivity contribution in [3.8, 4) is 11.1 Å². The van der Waals surface area contributed by atoms with Gasteiger partial charge in [-0.15, -0.1) is 0 Å². The van der Waals surface area contributed by atoms with Crippen LogP contribution in [0, 0.1) is 0 Å². The van der Waals surface area contributed by atoms with Crippen molar-refractivity contribution in [2.24, 2.45) is 5.73 Å². The second kappa shape index (κ2) is 7.07. The minimum absolute atomic E-state index is 0.0303. The van der Waals surface area contributed by atoms with Gasteiger partial charge in [0.05, 0.1) is 0 Å². The lowest BCUT2D eigenvalue weighted by atomic mass is 9.97. The van der Waals surface area contributed by atoms with E-state index in [4.69, 9.17) is 5.73 Å². The number of rotatable bonds is 4. The Morgan fingerprint density at radius 3 is 2.56 bits per heavy atom. The van der Waals surface area contributed by atoms with Gasteiger partial charge in [0.2, 0.25) is 5.91 Å². The van der Waals surface area contributed by atoms with Crippen LogP contribution in [0.5, 0.6) is 0 Å². The number of nitrogens with two attached hydrogens (primary N) is 1. The molecule has 0 saturated carbocycles. The van der Waals surface area contributed by atoms with Crippen molar-refractivity contribution in [3.05, 3.63) is 59.7 Å².